The Kier molecular flexibility index (Phi) is 11.7. The average Bonchev–Trinajstić information content (AvgIpc) is 2.88. The van der Waals surface area contributed by atoms with Crippen LogP contribution in [0.25, 0.3) is 0 Å². The third-order valence-corrected chi connectivity index (χ3v) is 8.76. The van der Waals surface area contributed by atoms with Gasteiger partial charge in [-0.2, -0.15) is 0 Å². The van der Waals surface area contributed by atoms with Gasteiger partial charge < -0.3 is 14.2 Å². The first kappa shape index (κ1) is 31.3. The minimum Gasteiger partial charge on any atom is -0.469 e. The number of ether oxygens (including phenoxy) is 3. The van der Waals surface area contributed by atoms with Gasteiger partial charge in [0.15, 0.2) is 0 Å². The normalized spacial score (nSPS) is 26.4. The molecule has 2 saturated carbocycles. The van der Waals surface area contributed by atoms with Crippen LogP contribution in [0, 0.1) is 34.0 Å². The minimum atomic E-state index is -0.467. The molecule has 5 nitrogen and oxygen atoms in total. The second kappa shape index (κ2) is 13.8. The molecule has 5 heteroatoms. The summed E-state index contributed by atoms with van der Waals surface area (Å²) in [6.45, 7) is 14.7. The van der Waals surface area contributed by atoms with Crippen molar-refractivity contribution in [3.8, 4) is 0 Å². The topological polar surface area (TPSA) is 61.8 Å². The molecular formula is C32H52O5. The van der Waals surface area contributed by atoms with Gasteiger partial charge >= 0.3 is 11.9 Å². The Morgan fingerprint density at radius 2 is 1.30 bits per heavy atom. The lowest BCUT2D eigenvalue weighted by molar-refractivity contribution is -0.161. The summed E-state index contributed by atoms with van der Waals surface area (Å²) >= 11 is 0. The Labute approximate surface area is 226 Å². The van der Waals surface area contributed by atoms with Crippen LogP contribution in [0.15, 0.2) is 30.3 Å². The van der Waals surface area contributed by atoms with Gasteiger partial charge in [-0.1, -0.05) is 71.9 Å². The molecule has 0 saturated heterocycles. The van der Waals surface area contributed by atoms with Crippen LogP contribution in [0.2, 0.25) is 0 Å². The standard InChI is InChI=1S/C20H30O3.C12H22O2/c1-19(2,3)17-10-12-20(13-11-17,18(21)22-4)15-23-14-16-8-6-5-7-9-16;1-12(2,3)10-7-5-9(6-8-10)11(13)14-4/h5-9,17H,10-15H2,1-4H3;9-10H,5-8H2,1-4H3. The summed E-state index contributed by atoms with van der Waals surface area (Å²) in [5.74, 6) is 1.46. The van der Waals surface area contributed by atoms with Gasteiger partial charge in [-0.05, 0) is 79.6 Å². The van der Waals surface area contributed by atoms with E-state index in [1.54, 1.807) is 0 Å². The SMILES string of the molecule is COC(=O)C1(COCc2ccccc2)CCC(C(C)(C)C)CC1.COC(=O)C1CCC(C(C)(C)C)CC1. The smallest absolute Gasteiger partial charge is 0.314 e. The molecule has 0 N–H and O–H groups in total. The highest BCUT2D eigenvalue weighted by molar-refractivity contribution is 5.77. The maximum Gasteiger partial charge on any atom is 0.314 e. The van der Waals surface area contributed by atoms with Crippen LogP contribution in [0.3, 0.4) is 0 Å². The van der Waals surface area contributed by atoms with E-state index in [2.05, 4.69) is 41.5 Å². The van der Waals surface area contributed by atoms with E-state index in [1.165, 1.54) is 27.1 Å². The van der Waals surface area contributed by atoms with Crippen molar-refractivity contribution in [3.63, 3.8) is 0 Å². The van der Waals surface area contributed by atoms with Crippen LogP contribution in [-0.4, -0.2) is 32.8 Å². The van der Waals surface area contributed by atoms with Crippen molar-refractivity contribution in [1.29, 1.82) is 0 Å². The zero-order chi connectivity index (χ0) is 27.7. The third kappa shape index (κ3) is 9.42. The number of carbonyl (C=O) groups is 2. The maximum absolute atomic E-state index is 12.4. The molecule has 0 aliphatic heterocycles. The number of carbonyl (C=O) groups excluding carboxylic acids is 2. The Bertz CT molecular complexity index is 817. The van der Waals surface area contributed by atoms with Crippen LogP contribution in [0.4, 0.5) is 0 Å². The molecule has 0 spiro atoms. The highest BCUT2D eigenvalue weighted by atomic mass is 16.5. The van der Waals surface area contributed by atoms with Crippen molar-refractivity contribution < 1.29 is 23.8 Å². The highest BCUT2D eigenvalue weighted by Gasteiger charge is 2.45. The van der Waals surface area contributed by atoms with E-state index in [1.807, 2.05) is 30.3 Å². The van der Waals surface area contributed by atoms with Crippen LogP contribution in [0.1, 0.15) is 98.5 Å². The molecule has 0 aromatic heterocycles. The molecule has 0 unspecified atom stereocenters. The molecule has 0 radical (unpaired) electrons. The molecule has 0 amide bonds. The van der Waals surface area contributed by atoms with Crippen molar-refractivity contribution >= 4 is 11.9 Å². The van der Waals surface area contributed by atoms with Crippen LogP contribution >= 0.6 is 0 Å². The summed E-state index contributed by atoms with van der Waals surface area (Å²) in [4.78, 5) is 23.7. The first-order valence-corrected chi connectivity index (χ1v) is 14.1. The molecule has 0 heterocycles. The number of methoxy groups -OCH3 is 2. The molecule has 0 bridgehead atoms. The van der Waals surface area contributed by atoms with E-state index in [4.69, 9.17) is 14.2 Å². The molecule has 0 atom stereocenters. The van der Waals surface area contributed by atoms with Gasteiger partial charge in [0.05, 0.1) is 38.8 Å². The van der Waals surface area contributed by atoms with Gasteiger partial charge in [0.25, 0.3) is 0 Å². The number of hydrogen-bond donors (Lipinski definition) is 0. The molecule has 210 valence electrons. The van der Waals surface area contributed by atoms with Crippen molar-refractivity contribution in [2.45, 2.75) is 99.5 Å². The molecule has 2 aliphatic rings. The largest absolute Gasteiger partial charge is 0.469 e. The van der Waals surface area contributed by atoms with Crippen LogP contribution < -0.4 is 0 Å². The van der Waals surface area contributed by atoms with Gasteiger partial charge in [-0.25, -0.2) is 0 Å². The Morgan fingerprint density at radius 1 is 0.784 bits per heavy atom. The summed E-state index contributed by atoms with van der Waals surface area (Å²) < 4.78 is 15.8. The predicted octanol–water partition coefficient (Wildman–Crippen LogP) is 7.61. The molecule has 37 heavy (non-hydrogen) atoms. The summed E-state index contributed by atoms with van der Waals surface area (Å²) in [5, 5.41) is 0. The van der Waals surface area contributed by atoms with Gasteiger partial charge in [-0.3, -0.25) is 9.59 Å². The van der Waals surface area contributed by atoms with E-state index in [9.17, 15) is 9.59 Å². The van der Waals surface area contributed by atoms with Crippen molar-refractivity contribution in [2.75, 3.05) is 20.8 Å². The van der Waals surface area contributed by atoms with Crippen LogP contribution in [-0.2, 0) is 30.4 Å². The van der Waals surface area contributed by atoms with Crippen molar-refractivity contribution in [3.05, 3.63) is 35.9 Å². The van der Waals surface area contributed by atoms with Gasteiger partial charge in [-0.15, -0.1) is 0 Å². The lowest BCUT2D eigenvalue weighted by Crippen LogP contribution is -2.42. The van der Waals surface area contributed by atoms with E-state index in [0.29, 0.717) is 30.0 Å². The quantitative estimate of drug-likeness (QED) is 0.364. The maximum atomic E-state index is 12.4. The molecule has 2 aliphatic carbocycles. The second-order valence-electron chi connectivity index (χ2n) is 13.3. The molecule has 1 aromatic carbocycles. The summed E-state index contributed by atoms with van der Waals surface area (Å²) in [5.41, 5.74) is 1.36. The summed E-state index contributed by atoms with van der Waals surface area (Å²) in [7, 11) is 2.97. The lowest BCUT2D eigenvalue weighted by Gasteiger charge is -2.42. The van der Waals surface area contributed by atoms with E-state index in [0.717, 1.165) is 50.0 Å². The number of rotatable bonds is 6. The summed E-state index contributed by atoms with van der Waals surface area (Å²) in [6.07, 6.45) is 8.20. The molecule has 3 rings (SSSR count). The van der Waals surface area contributed by atoms with E-state index >= 15 is 0 Å². The first-order valence-electron chi connectivity index (χ1n) is 14.1. The zero-order valence-electron chi connectivity index (χ0n) is 24.7. The fraction of sp³-hybridized carbons (Fsp3) is 0.750. The average molecular weight is 517 g/mol. The Balaban J connectivity index is 0.000000294. The number of benzene rings is 1. The second-order valence-corrected chi connectivity index (χ2v) is 13.3. The van der Waals surface area contributed by atoms with Gasteiger partial charge in [0.2, 0.25) is 0 Å². The summed E-state index contributed by atoms with van der Waals surface area (Å²) in [6, 6.07) is 10.1. The van der Waals surface area contributed by atoms with E-state index in [-0.39, 0.29) is 17.9 Å². The van der Waals surface area contributed by atoms with Crippen molar-refractivity contribution in [1.82, 2.24) is 0 Å². The van der Waals surface area contributed by atoms with Crippen LogP contribution in [0.5, 0.6) is 0 Å². The lowest BCUT2D eigenvalue weighted by atomic mass is 9.64. The Morgan fingerprint density at radius 3 is 1.76 bits per heavy atom. The third-order valence-electron chi connectivity index (χ3n) is 8.76. The van der Waals surface area contributed by atoms with E-state index < -0.39 is 5.41 Å². The highest BCUT2D eigenvalue weighted by Crippen LogP contribution is 2.46. The minimum absolute atomic E-state index is 0.0163. The first-order chi connectivity index (χ1) is 17.3. The predicted molar refractivity (Wildman–Crippen MR) is 149 cm³/mol. The van der Waals surface area contributed by atoms with Gasteiger partial charge in [0.1, 0.15) is 0 Å². The monoisotopic (exact) mass is 516 g/mol. The van der Waals surface area contributed by atoms with Crippen molar-refractivity contribution in [2.24, 2.45) is 34.0 Å². The molecular weight excluding hydrogens is 464 g/mol. The zero-order valence-corrected chi connectivity index (χ0v) is 24.7. The number of esters is 2. The fourth-order valence-corrected chi connectivity index (χ4v) is 5.96. The number of hydrogen-bond acceptors (Lipinski definition) is 5. The Hall–Kier alpha value is -1.88. The van der Waals surface area contributed by atoms with Gasteiger partial charge in [0, 0.05) is 0 Å². The molecule has 2 fully saturated rings. The fourth-order valence-electron chi connectivity index (χ4n) is 5.96. The molecule has 1 aromatic rings.